The van der Waals surface area contributed by atoms with Crippen molar-refractivity contribution in [2.24, 2.45) is 0 Å². The molecule has 1 atom stereocenters. The molecule has 0 spiro atoms. The van der Waals surface area contributed by atoms with Crippen molar-refractivity contribution < 1.29 is 10.2 Å². The van der Waals surface area contributed by atoms with Crippen molar-refractivity contribution in [3.63, 3.8) is 0 Å². The summed E-state index contributed by atoms with van der Waals surface area (Å²) in [5.41, 5.74) is 4.46. The molecule has 0 bridgehead atoms. The third kappa shape index (κ3) is 1.03. The van der Waals surface area contributed by atoms with E-state index in [1.165, 1.54) is 0 Å². The lowest BCUT2D eigenvalue weighted by Gasteiger charge is -2.11. The van der Waals surface area contributed by atoms with E-state index in [0.717, 1.165) is 11.1 Å². The summed E-state index contributed by atoms with van der Waals surface area (Å²) in [5, 5.41) is 18.6. The van der Waals surface area contributed by atoms with Gasteiger partial charge in [0.05, 0.1) is 0 Å². The standard InChI is InChI=1S/C10H8O2/c11-8-5-4-7-2-1-3-10(12)9(7)6-8/h2-6,10-12H. The van der Waals surface area contributed by atoms with Crippen molar-refractivity contribution in [2.75, 3.05) is 0 Å². The number of phenols is 1. The van der Waals surface area contributed by atoms with Gasteiger partial charge in [0.1, 0.15) is 11.9 Å². The number of phenolic OH excluding ortho intramolecular Hbond substituents is 1. The Balaban J connectivity index is 2.63. The molecule has 0 radical (unpaired) electrons. The molecular formula is C10H8O2. The molecule has 2 heteroatoms. The Labute approximate surface area is 70.1 Å². The molecule has 0 amide bonds. The van der Waals surface area contributed by atoms with E-state index >= 15 is 0 Å². The molecule has 2 N–H and O–H groups in total. The number of rotatable bonds is 0. The first-order valence-electron chi connectivity index (χ1n) is 3.71. The number of aliphatic hydroxyl groups excluding tert-OH is 1. The van der Waals surface area contributed by atoms with E-state index in [4.69, 9.17) is 5.11 Å². The van der Waals surface area contributed by atoms with Gasteiger partial charge in [-0.2, -0.15) is 0 Å². The molecule has 1 unspecified atom stereocenters. The zero-order chi connectivity index (χ0) is 8.55. The summed E-state index contributed by atoms with van der Waals surface area (Å²) in [4.78, 5) is 0. The lowest BCUT2D eigenvalue weighted by Crippen LogP contribution is -1.97. The summed E-state index contributed by atoms with van der Waals surface area (Å²) in [7, 11) is 0. The Morgan fingerprint density at radius 3 is 3.00 bits per heavy atom. The minimum Gasteiger partial charge on any atom is -0.508 e. The van der Waals surface area contributed by atoms with E-state index in [1.54, 1.807) is 30.4 Å². The molecule has 1 aromatic carbocycles. The average Bonchev–Trinajstić information content (AvgIpc) is 2.07. The largest absolute Gasteiger partial charge is 0.508 e. The molecule has 0 heterocycles. The summed E-state index contributed by atoms with van der Waals surface area (Å²) in [6, 6.07) is 4.91. The van der Waals surface area contributed by atoms with Crippen molar-refractivity contribution in [3.8, 4) is 5.75 Å². The van der Waals surface area contributed by atoms with Crippen LogP contribution in [0.5, 0.6) is 5.75 Å². The first kappa shape index (κ1) is 7.17. The molecule has 0 aromatic heterocycles. The second-order valence-electron chi connectivity index (χ2n) is 2.74. The van der Waals surface area contributed by atoms with E-state index in [2.05, 4.69) is 5.73 Å². The normalized spacial score (nSPS) is 19.2. The molecule has 0 fully saturated rings. The highest BCUT2D eigenvalue weighted by atomic mass is 16.3. The lowest BCUT2D eigenvalue weighted by atomic mass is 9.99. The van der Waals surface area contributed by atoms with Gasteiger partial charge < -0.3 is 10.2 Å². The fourth-order valence-corrected chi connectivity index (χ4v) is 1.27. The Bertz CT molecular complexity index is 373. The average molecular weight is 160 g/mol. The van der Waals surface area contributed by atoms with Crippen molar-refractivity contribution in [2.45, 2.75) is 6.10 Å². The van der Waals surface area contributed by atoms with E-state index in [0.29, 0.717) is 0 Å². The maximum atomic E-state index is 9.44. The zero-order valence-electron chi connectivity index (χ0n) is 6.36. The highest BCUT2D eigenvalue weighted by Gasteiger charge is 2.10. The van der Waals surface area contributed by atoms with Crippen LogP contribution in [0.15, 0.2) is 30.0 Å². The first-order chi connectivity index (χ1) is 5.77. The zero-order valence-corrected chi connectivity index (χ0v) is 6.36. The van der Waals surface area contributed by atoms with Crippen LogP contribution >= 0.6 is 0 Å². The van der Waals surface area contributed by atoms with Gasteiger partial charge in [-0.1, -0.05) is 6.07 Å². The number of aromatic hydroxyl groups is 1. The van der Waals surface area contributed by atoms with Crippen LogP contribution in [-0.4, -0.2) is 10.2 Å². The van der Waals surface area contributed by atoms with Crippen LogP contribution in [0.25, 0.3) is 6.08 Å². The molecule has 60 valence electrons. The predicted octanol–water partition coefficient (Wildman–Crippen LogP) is 1.61. The molecule has 0 aliphatic heterocycles. The Morgan fingerprint density at radius 2 is 2.17 bits per heavy atom. The lowest BCUT2D eigenvalue weighted by molar-refractivity contribution is 0.227. The molecular weight excluding hydrogens is 152 g/mol. The summed E-state index contributed by atoms with van der Waals surface area (Å²) in [6.07, 6.45) is 2.70. The van der Waals surface area contributed by atoms with Gasteiger partial charge in [0.15, 0.2) is 0 Å². The van der Waals surface area contributed by atoms with Crippen LogP contribution in [0.2, 0.25) is 0 Å². The number of hydrogen-bond acceptors (Lipinski definition) is 2. The van der Waals surface area contributed by atoms with Crippen LogP contribution in [0.3, 0.4) is 0 Å². The van der Waals surface area contributed by atoms with Crippen LogP contribution in [0, 0.1) is 0 Å². The molecule has 2 rings (SSSR count). The highest BCUT2D eigenvalue weighted by Crippen LogP contribution is 2.26. The van der Waals surface area contributed by atoms with Crippen molar-refractivity contribution >= 4 is 6.08 Å². The van der Waals surface area contributed by atoms with Gasteiger partial charge in [0, 0.05) is 0 Å². The summed E-state index contributed by atoms with van der Waals surface area (Å²) < 4.78 is 0. The van der Waals surface area contributed by atoms with Crippen LogP contribution in [0.1, 0.15) is 17.2 Å². The van der Waals surface area contributed by atoms with Crippen LogP contribution in [0.4, 0.5) is 0 Å². The maximum absolute atomic E-state index is 9.44. The van der Waals surface area contributed by atoms with E-state index in [9.17, 15) is 5.11 Å². The Kier molecular flexibility index (Phi) is 1.51. The monoisotopic (exact) mass is 160 g/mol. The summed E-state index contributed by atoms with van der Waals surface area (Å²) >= 11 is 0. The summed E-state index contributed by atoms with van der Waals surface area (Å²) in [6.45, 7) is 0. The third-order valence-electron chi connectivity index (χ3n) is 1.88. The molecule has 0 saturated carbocycles. The predicted molar refractivity (Wildman–Crippen MR) is 45.6 cm³/mol. The van der Waals surface area contributed by atoms with E-state index in [1.807, 2.05) is 0 Å². The van der Waals surface area contributed by atoms with Gasteiger partial charge in [-0.05, 0) is 35.4 Å². The van der Waals surface area contributed by atoms with E-state index in [-0.39, 0.29) is 5.75 Å². The fraction of sp³-hybridized carbons (Fsp3) is 0.100. The first-order valence-corrected chi connectivity index (χ1v) is 3.71. The number of benzene rings is 1. The summed E-state index contributed by atoms with van der Waals surface area (Å²) in [5.74, 6) is 0.177. The molecule has 0 saturated heterocycles. The number of fused-ring (bicyclic) bond motifs is 1. The molecule has 1 aromatic rings. The second-order valence-corrected chi connectivity index (χ2v) is 2.74. The van der Waals surface area contributed by atoms with E-state index < -0.39 is 6.10 Å². The van der Waals surface area contributed by atoms with Gasteiger partial charge in [0.2, 0.25) is 0 Å². The van der Waals surface area contributed by atoms with Gasteiger partial charge in [0.25, 0.3) is 0 Å². The van der Waals surface area contributed by atoms with Crippen LogP contribution < -0.4 is 0 Å². The van der Waals surface area contributed by atoms with Gasteiger partial charge in [-0.15, -0.1) is 5.73 Å². The quantitative estimate of drug-likeness (QED) is 0.566. The molecule has 1 aliphatic rings. The third-order valence-corrected chi connectivity index (χ3v) is 1.88. The maximum Gasteiger partial charge on any atom is 0.116 e. The number of hydrogen-bond donors (Lipinski definition) is 2. The minimum absolute atomic E-state index is 0.177. The fourth-order valence-electron chi connectivity index (χ4n) is 1.27. The van der Waals surface area contributed by atoms with Crippen molar-refractivity contribution in [1.82, 2.24) is 0 Å². The van der Waals surface area contributed by atoms with Crippen molar-refractivity contribution in [3.05, 3.63) is 41.1 Å². The van der Waals surface area contributed by atoms with Crippen molar-refractivity contribution in [1.29, 1.82) is 0 Å². The molecule has 1 aliphatic carbocycles. The van der Waals surface area contributed by atoms with Crippen LogP contribution in [-0.2, 0) is 0 Å². The smallest absolute Gasteiger partial charge is 0.116 e. The minimum atomic E-state index is -0.642. The highest BCUT2D eigenvalue weighted by molar-refractivity contribution is 5.58. The molecule has 2 nitrogen and oxygen atoms in total. The molecule has 12 heavy (non-hydrogen) atoms. The number of aliphatic hydroxyl groups is 1. The SMILES string of the molecule is Oc1ccc2c(c1)C(O)C=C=C2. The van der Waals surface area contributed by atoms with Gasteiger partial charge >= 0.3 is 0 Å². The Morgan fingerprint density at radius 1 is 1.33 bits per heavy atom. The Hall–Kier alpha value is -1.50. The van der Waals surface area contributed by atoms with Gasteiger partial charge in [-0.3, -0.25) is 0 Å². The second kappa shape index (κ2) is 2.52. The van der Waals surface area contributed by atoms with Gasteiger partial charge in [-0.25, -0.2) is 0 Å². The topological polar surface area (TPSA) is 40.5 Å².